The summed E-state index contributed by atoms with van der Waals surface area (Å²) in [6, 6.07) is 0. The fourth-order valence-electron chi connectivity index (χ4n) is 0.949. The molecule has 0 spiro atoms. The molecule has 0 bridgehead atoms. The predicted octanol–water partition coefficient (Wildman–Crippen LogP) is 0.658. The van der Waals surface area contributed by atoms with Gasteiger partial charge in [0.15, 0.2) is 0 Å². The Kier molecular flexibility index (Phi) is 2.56. The van der Waals surface area contributed by atoms with Gasteiger partial charge < -0.3 is 4.74 Å². The zero-order valence-electron chi connectivity index (χ0n) is 8.09. The Labute approximate surface area is 77.0 Å². The molecule has 0 aromatic rings. The van der Waals surface area contributed by atoms with E-state index in [0.717, 1.165) is 5.01 Å². The zero-order valence-corrected chi connectivity index (χ0v) is 8.09. The molecule has 74 valence electrons. The summed E-state index contributed by atoms with van der Waals surface area (Å²) in [6.07, 6.45) is -0.283. The second kappa shape index (κ2) is 3.33. The fraction of sp³-hybridized carbons (Fsp3) is 0.750. The number of ether oxygens (including phenoxy) is 1. The Hall–Kier alpha value is -1.10. The van der Waals surface area contributed by atoms with Crippen LogP contribution in [0.4, 0.5) is 4.79 Å². The minimum absolute atomic E-state index is 0.241. The molecule has 0 aromatic carbocycles. The maximum absolute atomic E-state index is 11.3. The molecule has 1 fully saturated rings. The summed E-state index contributed by atoms with van der Waals surface area (Å²) < 4.78 is 5.00. The van der Waals surface area contributed by atoms with Gasteiger partial charge in [-0.25, -0.2) is 10.2 Å². The third kappa shape index (κ3) is 2.69. The summed E-state index contributed by atoms with van der Waals surface area (Å²) in [5.74, 6) is -0.241. The first kappa shape index (κ1) is 9.98. The van der Waals surface area contributed by atoms with Crippen molar-refractivity contribution < 1.29 is 14.3 Å². The summed E-state index contributed by atoms with van der Waals surface area (Å²) in [7, 11) is 0. The van der Waals surface area contributed by atoms with Crippen molar-refractivity contribution in [3.05, 3.63) is 0 Å². The van der Waals surface area contributed by atoms with Gasteiger partial charge in [0.1, 0.15) is 5.60 Å². The summed E-state index contributed by atoms with van der Waals surface area (Å²) >= 11 is 0. The molecule has 0 atom stereocenters. The van der Waals surface area contributed by atoms with Crippen molar-refractivity contribution >= 4 is 12.0 Å². The second-order valence-electron chi connectivity index (χ2n) is 3.87. The lowest BCUT2D eigenvalue weighted by Crippen LogP contribution is -2.43. The number of hydrogen-bond donors (Lipinski definition) is 1. The van der Waals surface area contributed by atoms with Gasteiger partial charge in [0, 0.05) is 13.0 Å². The van der Waals surface area contributed by atoms with Crippen molar-refractivity contribution in [3.8, 4) is 0 Å². The average Bonchev–Trinajstić information content (AvgIpc) is 2.30. The molecular weight excluding hydrogens is 172 g/mol. The largest absolute Gasteiger partial charge is 0.442 e. The van der Waals surface area contributed by atoms with Crippen LogP contribution in [-0.4, -0.2) is 29.2 Å². The highest BCUT2D eigenvalue weighted by molar-refractivity contribution is 5.92. The predicted molar refractivity (Wildman–Crippen MR) is 45.7 cm³/mol. The smallest absolute Gasteiger partial charge is 0.432 e. The van der Waals surface area contributed by atoms with E-state index < -0.39 is 11.7 Å². The van der Waals surface area contributed by atoms with Crippen LogP contribution in [-0.2, 0) is 9.53 Å². The Bertz CT molecular complexity index is 232. The Morgan fingerprint density at radius 3 is 2.54 bits per heavy atom. The molecule has 1 saturated heterocycles. The van der Waals surface area contributed by atoms with E-state index in [1.165, 1.54) is 0 Å². The molecule has 5 nitrogen and oxygen atoms in total. The lowest BCUT2D eigenvalue weighted by Gasteiger charge is -2.22. The maximum atomic E-state index is 11.3. The van der Waals surface area contributed by atoms with Crippen LogP contribution < -0.4 is 5.43 Å². The molecule has 13 heavy (non-hydrogen) atoms. The van der Waals surface area contributed by atoms with E-state index in [1.807, 2.05) is 0 Å². The quantitative estimate of drug-likeness (QED) is 0.603. The molecule has 1 aliphatic rings. The van der Waals surface area contributed by atoms with Gasteiger partial charge in [0.05, 0.1) is 0 Å². The SMILES string of the molecule is CC(C)(C)OC(=O)N1NCCC1=O. The van der Waals surface area contributed by atoms with Crippen LogP contribution in [0.2, 0.25) is 0 Å². The van der Waals surface area contributed by atoms with E-state index in [0.29, 0.717) is 13.0 Å². The number of nitrogens with one attached hydrogen (secondary N) is 1. The zero-order chi connectivity index (χ0) is 10.1. The minimum Gasteiger partial charge on any atom is -0.442 e. The normalized spacial score (nSPS) is 17.8. The molecule has 1 heterocycles. The van der Waals surface area contributed by atoms with E-state index in [-0.39, 0.29) is 5.91 Å². The first-order chi connectivity index (χ1) is 5.90. The van der Waals surface area contributed by atoms with E-state index in [9.17, 15) is 9.59 Å². The van der Waals surface area contributed by atoms with Crippen LogP contribution >= 0.6 is 0 Å². The summed E-state index contributed by atoms with van der Waals surface area (Å²) in [4.78, 5) is 22.4. The molecule has 0 aliphatic carbocycles. The summed E-state index contributed by atoms with van der Waals surface area (Å²) in [5, 5.41) is 0.922. The van der Waals surface area contributed by atoms with E-state index in [1.54, 1.807) is 20.8 Å². The van der Waals surface area contributed by atoms with Gasteiger partial charge in [-0.2, -0.15) is 5.01 Å². The number of hydrazine groups is 1. The molecule has 0 aromatic heterocycles. The van der Waals surface area contributed by atoms with Gasteiger partial charge in [-0.15, -0.1) is 0 Å². The third-order valence-corrected chi connectivity index (χ3v) is 1.43. The molecule has 5 heteroatoms. The maximum Gasteiger partial charge on any atom is 0.432 e. The van der Waals surface area contributed by atoms with Crippen molar-refractivity contribution in [3.63, 3.8) is 0 Å². The highest BCUT2D eigenvalue weighted by Gasteiger charge is 2.30. The summed E-state index contributed by atoms with van der Waals surface area (Å²) in [5.41, 5.74) is 2.07. The molecular formula is C8H14N2O3. The van der Waals surface area contributed by atoms with Gasteiger partial charge in [-0.3, -0.25) is 4.79 Å². The van der Waals surface area contributed by atoms with Gasteiger partial charge in [-0.05, 0) is 20.8 Å². The van der Waals surface area contributed by atoms with Crippen LogP contribution in [0.5, 0.6) is 0 Å². The van der Waals surface area contributed by atoms with Crippen LogP contribution in [0.3, 0.4) is 0 Å². The molecule has 0 saturated carbocycles. The number of amides is 2. The number of carbonyl (C=O) groups is 2. The third-order valence-electron chi connectivity index (χ3n) is 1.43. The summed E-state index contributed by atoms with van der Waals surface area (Å²) in [6.45, 7) is 5.76. The Balaban J connectivity index is 2.53. The van der Waals surface area contributed by atoms with Crippen molar-refractivity contribution in [2.45, 2.75) is 32.8 Å². The van der Waals surface area contributed by atoms with Crippen molar-refractivity contribution in [2.24, 2.45) is 0 Å². The van der Waals surface area contributed by atoms with Crippen LogP contribution in [0.25, 0.3) is 0 Å². The highest BCUT2D eigenvalue weighted by atomic mass is 16.6. The lowest BCUT2D eigenvalue weighted by molar-refractivity contribution is -0.128. The number of rotatable bonds is 0. The lowest BCUT2D eigenvalue weighted by atomic mass is 10.2. The molecule has 0 unspecified atom stereocenters. The molecule has 0 radical (unpaired) electrons. The fourth-order valence-corrected chi connectivity index (χ4v) is 0.949. The van der Waals surface area contributed by atoms with Crippen molar-refractivity contribution in [1.29, 1.82) is 0 Å². The monoisotopic (exact) mass is 186 g/mol. The highest BCUT2D eigenvalue weighted by Crippen LogP contribution is 2.11. The number of nitrogens with zero attached hydrogens (tertiary/aromatic N) is 1. The first-order valence-electron chi connectivity index (χ1n) is 4.19. The van der Waals surface area contributed by atoms with Crippen LogP contribution in [0.15, 0.2) is 0 Å². The van der Waals surface area contributed by atoms with Gasteiger partial charge in [0.2, 0.25) is 5.91 Å². The van der Waals surface area contributed by atoms with Crippen LogP contribution in [0.1, 0.15) is 27.2 Å². The van der Waals surface area contributed by atoms with Gasteiger partial charge in [0.25, 0.3) is 0 Å². The van der Waals surface area contributed by atoms with Crippen molar-refractivity contribution in [2.75, 3.05) is 6.54 Å². The minimum atomic E-state index is -0.630. The van der Waals surface area contributed by atoms with E-state index in [2.05, 4.69) is 5.43 Å². The topological polar surface area (TPSA) is 58.6 Å². The van der Waals surface area contributed by atoms with Gasteiger partial charge >= 0.3 is 6.09 Å². The number of imide groups is 1. The number of carbonyl (C=O) groups excluding carboxylic acids is 2. The Morgan fingerprint density at radius 2 is 2.15 bits per heavy atom. The number of hydrogen-bond acceptors (Lipinski definition) is 4. The molecule has 1 rings (SSSR count). The second-order valence-corrected chi connectivity index (χ2v) is 3.87. The van der Waals surface area contributed by atoms with Crippen molar-refractivity contribution in [1.82, 2.24) is 10.4 Å². The molecule has 1 aliphatic heterocycles. The average molecular weight is 186 g/mol. The molecule has 2 amide bonds. The molecule has 1 N–H and O–H groups in total. The van der Waals surface area contributed by atoms with E-state index in [4.69, 9.17) is 4.74 Å². The standard InChI is InChI=1S/C8H14N2O3/c1-8(2,3)13-7(12)10-6(11)4-5-9-10/h9H,4-5H2,1-3H3. The van der Waals surface area contributed by atoms with Crippen LogP contribution in [0, 0.1) is 0 Å². The van der Waals surface area contributed by atoms with E-state index >= 15 is 0 Å². The Morgan fingerprint density at radius 1 is 1.54 bits per heavy atom. The first-order valence-corrected chi connectivity index (χ1v) is 4.19. The van der Waals surface area contributed by atoms with Gasteiger partial charge in [-0.1, -0.05) is 0 Å².